The number of pyridine rings is 1. The van der Waals surface area contributed by atoms with Crippen molar-refractivity contribution in [3.63, 3.8) is 0 Å². The van der Waals surface area contributed by atoms with Crippen LogP contribution in [0.15, 0.2) is 66.7 Å². The van der Waals surface area contributed by atoms with Crippen molar-refractivity contribution in [2.45, 2.75) is 20.1 Å². The molecule has 5 rings (SSSR count). The van der Waals surface area contributed by atoms with Gasteiger partial charge in [0.15, 0.2) is 0 Å². The van der Waals surface area contributed by atoms with Gasteiger partial charge in [-0.1, -0.05) is 48.5 Å². The Labute approximate surface area is 217 Å². The molecule has 0 aliphatic carbocycles. The first kappa shape index (κ1) is 27.1. The standard InChI is InChI=1S/C28H27FN2O2.2ClH/c1-19-26(18-32)25-16-23(29)10-11-27(25)30-28(19)21-8-6-20(7-9-21)24-5-3-2-4-22(24)17-31-12-14-33-15-13-31;;/h2-11,16,32H,12-15,17-18H2,1H3;2*1H. The van der Waals surface area contributed by atoms with Crippen LogP contribution in [0.4, 0.5) is 4.39 Å². The highest BCUT2D eigenvalue weighted by molar-refractivity contribution is 5.87. The number of hydrogen-bond acceptors (Lipinski definition) is 4. The summed E-state index contributed by atoms with van der Waals surface area (Å²) < 4.78 is 19.3. The Morgan fingerprint density at radius 2 is 1.63 bits per heavy atom. The van der Waals surface area contributed by atoms with Crippen molar-refractivity contribution in [2.75, 3.05) is 26.3 Å². The quantitative estimate of drug-likeness (QED) is 0.345. The number of nitrogens with zero attached hydrogens (tertiary/aromatic N) is 2. The van der Waals surface area contributed by atoms with E-state index in [2.05, 4.69) is 53.4 Å². The third-order valence-electron chi connectivity index (χ3n) is 6.47. The van der Waals surface area contributed by atoms with Gasteiger partial charge in [0, 0.05) is 30.6 Å². The number of aromatic nitrogens is 1. The molecule has 1 aliphatic rings. The van der Waals surface area contributed by atoms with Crippen LogP contribution in [0.1, 0.15) is 16.7 Å². The van der Waals surface area contributed by atoms with Crippen LogP contribution in [0, 0.1) is 12.7 Å². The number of morpholine rings is 1. The van der Waals surface area contributed by atoms with E-state index >= 15 is 0 Å². The minimum atomic E-state index is -0.328. The second-order valence-electron chi connectivity index (χ2n) is 8.51. The Bertz CT molecular complexity index is 1290. The van der Waals surface area contributed by atoms with Crippen LogP contribution in [-0.2, 0) is 17.9 Å². The van der Waals surface area contributed by atoms with Crippen LogP contribution in [0.25, 0.3) is 33.3 Å². The van der Waals surface area contributed by atoms with Gasteiger partial charge in [-0.2, -0.15) is 0 Å². The Morgan fingerprint density at radius 3 is 2.34 bits per heavy atom. The number of ether oxygens (including phenoxy) is 1. The molecular weight excluding hydrogens is 486 g/mol. The first-order chi connectivity index (χ1) is 16.1. The van der Waals surface area contributed by atoms with E-state index in [1.165, 1.54) is 23.3 Å². The van der Waals surface area contributed by atoms with Crippen LogP contribution in [0.2, 0.25) is 0 Å². The Kier molecular flexibility index (Phi) is 9.22. The predicted molar refractivity (Wildman–Crippen MR) is 144 cm³/mol. The lowest BCUT2D eigenvalue weighted by Crippen LogP contribution is -2.35. The summed E-state index contributed by atoms with van der Waals surface area (Å²) in [6.45, 7) is 6.17. The summed E-state index contributed by atoms with van der Waals surface area (Å²) in [5, 5.41) is 10.6. The third-order valence-corrected chi connectivity index (χ3v) is 6.47. The third kappa shape index (κ3) is 5.66. The number of fused-ring (bicyclic) bond motifs is 1. The molecule has 1 aromatic heterocycles. The van der Waals surface area contributed by atoms with E-state index in [0.29, 0.717) is 10.9 Å². The van der Waals surface area contributed by atoms with Crippen molar-refractivity contribution in [3.05, 3.63) is 89.2 Å². The summed E-state index contributed by atoms with van der Waals surface area (Å²) in [7, 11) is 0. The number of hydrogen-bond donors (Lipinski definition) is 1. The van der Waals surface area contributed by atoms with Crippen LogP contribution in [0.5, 0.6) is 0 Å². The van der Waals surface area contributed by atoms with E-state index < -0.39 is 0 Å². The molecule has 4 nitrogen and oxygen atoms in total. The van der Waals surface area contributed by atoms with Crippen molar-refractivity contribution in [2.24, 2.45) is 0 Å². The zero-order chi connectivity index (χ0) is 22.8. The SMILES string of the molecule is Cc1c(-c2ccc(-c3ccccc3CN3CCOCC3)cc2)nc2ccc(F)cc2c1CO.Cl.Cl. The van der Waals surface area contributed by atoms with Crippen molar-refractivity contribution in [1.82, 2.24) is 9.88 Å². The van der Waals surface area contributed by atoms with Gasteiger partial charge in [-0.15, -0.1) is 24.8 Å². The molecule has 0 saturated carbocycles. The molecule has 1 N–H and O–H groups in total. The van der Waals surface area contributed by atoms with Crippen LogP contribution >= 0.6 is 24.8 Å². The number of aliphatic hydroxyl groups is 1. The minimum absolute atomic E-state index is 0. The van der Waals surface area contributed by atoms with E-state index in [4.69, 9.17) is 9.72 Å². The molecule has 0 radical (unpaired) electrons. The topological polar surface area (TPSA) is 45.6 Å². The van der Waals surface area contributed by atoms with E-state index in [1.807, 2.05) is 6.92 Å². The van der Waals surface area contributed by atoms with E-state index in [9.17, 15) is 9.50 Å². The van der Waals surface area contributed by atoms with Gasteiger partial charge in [-0.3, -0.25) is 4.90 Å². The van der Waals surface area contributed by atoms with Gasteiger partial charge in [0.05, 0.1) is 31.0 Å². The molecular formula is C28H29Cl2FN2O2. The monoisotopic (exact) mass is 514 g/mol. The summed E-state index contributed by atoms with van der Waals surface area (Å²) in [5.41, 5.74) is 7.74. The fourth-order valence-electron chi connectivity index (χ4n) is 4.63. The van der Waals surface area contributed by atoms with Crippen LogP contribution in [0.3, 0.4) is 0 Å². The number of aliphatic hydroxyl groups excluding tert-OH is 1. The molecule has 1 fully saturated rings. The Morgan fingerprint density at radius 1 is 0.943 bits per heavy atom. The van der Waals surface area contributed by atoms with Gasteiger partial charge in [0.25, 0.3) is 0 Å². The van der Waals surface area contributed by atoms with E-state index in [1.54, 1.807) is 6.07 Å². The van der Waals surface area contributed by atoms with Gasteiger partial charge in [-0.25, -0.2) is 9.37 Å². The van der Waals surface area contributed by atoms with Gasteiger partial charge in [-0.05, 0) is 52.9 Å². The Balaban J connectivity index is 0.00000171. The molecule has 184 valence electrons. The minimum Gasteiger partial charge on any atom is -0.392 e. The highest BCUT2D eigenvalue weighted by Crippen LogP contribution is 2.32. The maximum absolute atomic E-state index is 13.8. The van der Waals surface area contributed by atoms with Gasteiger partial charge in [0.2, 0.25) is 0 Å². The predicted octanol–water partition coefficient (Wildman–Crippen LogP) is 6.18. The summed E-state index contributed by atoms with van der Waals surface area (Å²) in [6, 6.07) is 21.5. The van der Waals surface area contributed by atoms with Gasteiger partial charge < -0.3 is 9.84 Å². The molecule has 2 heterocycles. The lowest BCUT2D eigenvalue weighted by atomic mass is 9.95. The highest BCUT2D eigenvalue weighted by atomic mass is 35.5. The molecule has 0 unspecified atom stereocenters. The molecule has 3 aromatic carbocycles. The van der Waals surface area contributed by atoms with E-state index in [-0.39, 0.29) is 37.2 Å². The second-order valence-corrected chi connectivity index (χ2v) is 8.51. The summed E-state index contributed by atoms with van der Waals surface area (Å²) in [6.07, 6.45) is 0. The van der Waals surface area contributed by atoms with Crippen molar-refractivity contribution >= 4 is 35.7 Å². The molecule has 0 amide bonds. The first-order valence-corrected chi connectivity index (χ1v) is 11.3. The first-order valence-electron chi connectivity index (χ1n) is 11.3. The number of rotatable bonds is 5. The van der Waals surface area contributed by atoms with Crippen LogP contribution < -0.4 is 0 Å². The lowest BCUT2D eigenvalue weighted by Gasteiger charge is -2.27. The molecule has 0 bridgehead atoms. The highest BCUT2D eigenvalue weighted by Gasteiger charge is 2.16. The smallest absolute Gasteiger partial charge is 0.123 e. The van der Waals surface area contributed by atoms with E-state index in [0.717, 1.165) is 60.8 Å². The normalized spacial score (nSPS) is 13.8. The molecule has 35 heavy (non-hydrogen) atoms. The zero-order valence-corrected chi connectivity index (χ0v) is 21.2. The molecule has 4 aromatic rings. The molecule has 1 aliphatic heterocycles. The van der Waals surface area contributed by atoms with Crippen molar-refractivity contribution in [1.29, 1.82) is 0 Å². The Hall–Kier alpha value is -2.54. The molecule has 7 heteroatoms. The zero-order valence-electron chi connectivity index (χ0n) is 19.5. The van der Waals surface area contributed by atoms with Crippen LogP contribution in [-0.4, -0.2) is 41.3 Å². The average Bonchev–Trinajstić information content (AvgIpc) is 2.85. The summed E-state index contributed by atoms with van der Waals surface area (Å²) in [4.78, 5) is 7.22. The fourth-order valence-corrected chi connectivity index (χ4v) is 4.63. The van der Waals surface area contributed by atoms with Gasteiger partial charge >= 0.3 is 0 Å². The number of halogens is 3. The van der Waals surface area contributed by atoms with Crippen molar-refractivity contribution < 1.29 is 14.2 Å². The fraction of sp³-hybridized carbons (Fsp3) is 0.250. The number of benzene rings is 3. The maximum Gasteiger partial charge on any atom is 0.123 e. The van der Waals surface area contributed by atoms with Gasteiger partial charge in [0.1, 0.15) is 5.82 Å². The summed E-state index contributed by atoms with van der Waals surface area (Å²) >= 11 is 0. The summed E-state index contributed by atoms with van der Waals surface area (Å²) in [5.74, 6) is -0.328. The average molecular weight is 515 g/mol. The van der Waals surface area contributed by atoms with Crippen molar-refractivity contribution in [3.8, 4) is 22.4 Å². The molecule has 0 spiro atoms. The lowest BCUT2D eigenvalue weighted by molar-refractivity contribution is 0.0342. The second kappa shape index (κ2) is 11.9. The maximum atomic E-state index is 13.8. The molecule has 1 saturated heterocycles. The largest absolute Gasteiger partial charge is 0.392 e. The molecule has 0 atom stereocenters.